The highest BCUT2D eigenvalue weighted by Crippen LogP contribution is 2.47. The van der Waals surface area contributed by atoms with E-state index in [4.69, 9.17) is 4.98 Å². The van der Waals surface area contributed by atoms with Crippen molar-refractivity contribution in [2.75, 3.05) is 11.6 Å². The Morgan fingerprint density at radius 2 is 2.00 bits per heavy atom. The number of anilines is 2. The summed E-state index contributed by atoms with van der Waals surface area (Å²) < 4.78 is 5.06. The lowest BCUT2D eigenvalue weighted by atomic mass is 10.0. The van der Waals surface area contributed by atoms with Gasteiger partial charge in [0.1, 0.15) is 0 Å². The molecule has 0 atom stereocenters. The molecule has 1 saturated carbocycles. The van der Waals surface area contributed by atoms with E-state index in [0.29, 0.717) is 5.92 Å². The number of aromatic nitrogens is 5. The zero-order chi connectivity index (χ0) is 19.8. The van der Waals surface area contributed by atoms with Crippen molar-refractivity contribution in [1.82, 2.24) is 29.7 Å². The average Bonchev–Trinajstić information content (AvgIpc) is 3.35. The van der Waals surface area contributed by atoms with E-state index in [9.17, 15) is 0 Å². The normalized spacial score (nSPS) is 13.9. The molecule has 5 rings (SSSR count). The monoisotopic (exact) mass is 405 g/mol. The first-order chi connectivity index (χ1) is 14.2. The lowest BCUT2D eigenvalue weighted by Gasteiger charge is -2.11. The van der Waals surface area contributed by atoms with E-state index in [0.717, 1.165) is 35.1 Å². The molecule has 2 heterocycles. The molecular formula is C21H23N7S. The zero-order valence-electron chi connectivity index (χ0n) is 16.4. The van der Waals surface area contributed by atoms with Gasteiger partial charge in [0, 0.05) is 30.2 Å². The number of H-pyrrole nitrogens is 1. The van der Waals surface area contributed by atoms with Crippen LogP contribution in [0.5, 0.6) is 0 Å². The fourth-order valence-corrected chi connectivity index (χ4v) is 3.93. The molecule has 0 saturated heterocycles. The van der Waals surface area contributed by atoms with Crippen molar-refractivity contribution in [3.8, 4) is 11.4 Å². The molecule has 29 heavy (non-hydrogen) atoms. The SMILES string of the molecule is CSNCc1ccc(-c2nc(Nc3ccc4[nH]ncc4c3C3CC3)n(C)n2)cc1. The van der Waals surface area contributed by atoms with E-state index in [1.165, 1.54) is 29.4 Å². The average molecular weight is 406 g/mol. The van der Waals surface area contributed by atoms with Gasteiger partial charge in [0.2, 0.25) is 5.95 Å². The first kappa shape index (κ1) is 18.2. The van der Waals surface area contributed by atoms with Gasteiger partial charge < -0.3 is 5.32 Å². The third kappa shape index (κ3) is 3.61. The van der Waals surface area contributed by atoms with Crippen LogP contribution < -0.4 is 10.0 Å². The maximum atomic E-state index is 4.75. The smallest absolute Gasteiger partial charge is 0.225 e. The van der Waals surface area contributed by atoms with Gasteiger partial charge in [0.05, 0.1) is 11.7 Å². The van der Waals surface area contributed by atoms with Crippen LogP contribution in [-0.4, -0.2) is 31.2 Å². The van der Waals surface area contributed by atoms with Gasteiger partial charge in [-0.2, -0.15) is 10.1 Å². The summed E-state index contributed by atoms with van der Waals surface area (Å²) in [6.45, 7) is 0.838. The Labute approximate surface area is 173 Å². The van der Waals surface area contributed by atoms with Gasteiger partial charge in [-0.25, -0.2) is 4.68 Å². The van der Waals surface area contributed by atoms with Crippen molar-refractivity contribution in [3.63, 3.8) is 0 Å². The molecule has 3 N–H and O–H groups in total. The number of hydrogen-bond acceptors (Lipinski definition) is 6. The Balaban J connectivity index is 1.43. The number of nitrogens with zero attached hydrogens (tertiary/aromatic N) is 4. The third-order valence-corrected chi connectivity index (χ3v) is 5.73. The molecule has 0 bridgehead atoms. The first-order valence-corrected chi connectivity index (χ1v) is 10.9. The highest BCUT2D eigenvalue weighted by Gasteiger charge is 2.29. The van der Waals surface area contributed by atoms with Crippen molar-refractivity contribution in [2.24, 2.45) is 7.05 Å². The van der Waals surface area contributed by atoms with E-state index in [2.05, 4.69) is 61.7 Å². The van der Waals surface area contributed by atoms with Gasteiger partial charge in [0.15, 0.2) is 5.82 Å². The van der Waals surface area contributed by atoms with Crippen molar-refractivity contribution < 1.29 is 0 Å². The van der Waals surface area contributed by atoms with Crippen LogP contribution in [0.1, 0.15) is 29.9 Å². The summed E-state index contributed by atoms with van der Waals surface area (Å²) in [4.78, 5) is 4.75. The number of hydrogen-bond donors (Lipinski definition) is 3. The molecule has 7 nitrogen and oxygen atoms in total. The van der Waals surface area contributed by atoms with Crippen LogP contribution in [0.4, 0.5) is 11.6 Å². The Bertz CT molecular complexity index is 1140. The van der Waals surface area contributed by atoms with Gasteiger partial charge in [-0.3, -0.25) is 9.82 Å². The molecule has 1 aliphatic rings. The van der Waals surface area contributed by atoms with Gasteiger partial charge >= 0.3 is 0 Å². The van der Waals surface area contributed by atoms with Crippen LogP contribution in [0, 0.1) is 0 Å². The highest BCUT2D eigenvalue weighted by molar-refractivity contribution is 7.96. The van der Waals surface area contributed by atoms with Crippen LogP contribution >= 0.6 is 11.9 Å². The number of nitrogens with one attached hydrogen (secondary N) is 3. The van der Waals surface area contributed by atoms with Crippen molar-refractivity contribution in [1.29, 1.82) is 0 Å². The molecule has 8 heteroatoms. The minimum Gasteiger partial charge on any atom is -0.324 e. The molecule has 4 aromatic rings. The summed E-state index contributed by atoms with van der Waals surface area (Å²) in [7, 11) is 1.92. The first-order valence-electron chi connectivity index (χ1n) is 9.72. The summed E-state index contributed by atoms with van der Waals surface area (Å²) in [6.07, 6.45) is 6.39. The molecule has 0 radical (unpaired) electrons. The number of aromatic amines is 1. The predicted molar refractivity (Wildman–Crippen MR) is 118 cm³/mol. The second-order valence-electron chi connectivity index (χ2n) is 7.36. The molecule has 148 valence electrons. The Hall–Kier alpha value is -2.84. The molecule has 0 unspecified atom stereocenters. The third-order valence-electron chi connectivity index (χ3n) is 5.29. The summed E-state index contributed by atoms with van der Waals surface area (Å²) in [5.74, 6) is 2.04. The largest absolute Gasteiger partial charge is 0.324 e. The van der Waals surface area contributed by atoms with Crippen LogP contribution in [0.25, 0.3) is 22.3 Å². The minimum absolute atomic E-state index is 0.592. The molecule has 1 aliphatic carbocycles. The Morgan fingerprint density at radius 1 is 1.17 bits per heavy atom. The molecule has 1 fully saturated rings. The van der Waals surface area contributed by atoms with E-state index in [1.807, 2.05) is 19.5 Å². The fraction of sp³-hybridized carbons (Fsp3) is 0.286. The van der Waals surface area contributed by atoms with Crippen LogP contribution in [-0.2, 0) is 13.6 Å². The maximum absolute atomic E-state index is 4.75. The quantitative estimate of drug-likeness (QED) is 0.397. The summed E-state index contributed by atoms with van der Waals surface area (Å²) >= 11 is 1.62. The number of aryl methyl sites for hydroxylation is 1. The molecule has 0 amide bonds. The van der Waals surface area contributed by atoms with Gasteiger partial charge in [-0.15, -0.1) is 5.10 Å². The highest BCUT2D eigenvalue weighted by atomic mass is 32.2. The fourth-order valence-electron chi connectivity index (χ4n) is 3.62. The van der Waals surface area contributed by atoms with Crippen molar-refractivity contribution in [2.45, 2.75) is 25.3 Å². The zero-order valence-corrected chi connectivity index (χ0v) is 17.3. The maximum Gasteiger partial charge on any atom is 0.225 e. The number of fused-ring (bicyclic) bond motifs is 1. The predicted octanol–water partition coefficient (Wildman–Crippen LogP) is 4.35. The Morgan fingerprint density at radius 3 is 2.76 bits per heavy atom. The van der Waals surface area contributed by atoms with E-state index in [1.54, 1.807) is 16.6 Å². The molecule has 2 aromatic carbocycles. The van der Waals surface area contributed by atoms with Crippen LogP contribution in [0.2, 0.25) is 0 Å². The van der Waals surface area contributed by atoms with E-state index in [-0.39, 0.29) is 0 Å². The number of rotatable bonds is 7. The minimum atomic E-state index is 0.592. The van der Waals surface area contributed by atoms with Gasteiger partial charge in [0.25, 0.3) is 0 Å². The standard InChI is InChI=1S/C21H23N7S/c1-28-21(25-20(27-28)15-5-3-13(4-6-15)11-23-29-2)24-18-10-9-17-16(12-22-26-17)19(18)14-7-8-14/h3-6,9-10,12,14,23H,7-8,11H2,1-2H3,(H,22,26)(H,24,25,27). The van der Waals surface area contributed by atoms with E-state index < -0.39 is 0 Å². The van der Waals surface area contributed by atoms with Gasteiger partial charge in [-0.05, 0) is 48.3 Å². The summed E-state index contributed by atoms with van der Waals surface area (Å²) in [6, 6.07) is 12.5. The Kier molecular flexibility index (Phi) is 4.73. The van der Waals surface area contributed by atoms with Crippen LogP contribution in [0.3, 0.4) is 0 Å². The lowest BCUT2D eigenvalue weighted by molar-refractivity contribution is 0.778. The molecule has 0 spiro atoms. The van der Waals surface area contributed by atoms with E-state index >= 15 is 0 Å². The number of benzene rings is 2. The molecular weight excluding hydrogens is 382 g/mol. The van der Waals surface area contributed by atoms with Gasteiger partial charge in [-0.1, -0.05) is 36.2 Å². The van der Waals surface area contributed by atoms with Crippen molar-refractivity contribution >= 4 is 34.5 Å². The van der Waals surface area contributed by atoms with Crippen LogP contribution in [0.15, 0.2) is 42.6 Å². The van der Waals surface area contributed by atoms with Crippen molar-refractivity contribution in [3.05, 3.63) is 53.7 Å². The second kappa shape index (κ2) is 7.53. The topological polar surface area (TPSA) is 83.5 Å². The molecule has 0 aliphatic heterocycles. The second-order valence-corrected chi connectivity index (χ2v) is 8.06. The molecule has 2 aromatic heterocycles. The summed E-state index contributed by atoms with van der Waals surface area (Å²) in [5.41, 5.74) is 5.73. The lowest BCUT2D eigenvalue weighted by Crippen LogP contribution is -2.02. The summed E-state index contributed by atoms with van der Waals surface area (Å²) in [5, 5.41) is 16.6.